The summed E-state index contributed by atoms with van der Waals surface area (Å²) < 4.78 is 16.9. The third-order valence-electron chi connectivity index (χ3n) is 3.63. The van der Waals surface area contributed by atoms with Crippen LogP contribution < -0.4 is 10.5 Å². The molecule has 2 atom stereocenters. The second kappa shape index (κ2) is 6.85. The molecular formula is C17H20N2O4. The number of hydrogen-bond acceptors (Lipinski definition) is 5. The normalized spacial score (nSPS) is 22.0. The van der Waals surface area contributed by atoms with Crippen LogP contribution in [0, 0.1) is 0 Å². The van der Waals surface area contributed by atoms with Crippen molar-refractivity contribution in [1.82, 2.24) is 4.90 Å². The van der Waals surface area contributed by atoms with Gasteiger partial charge in [-0.3, -0.25) is 9.69 Å². The van der Waals surface area contributed by atoms with Crippen LogP contribution in [0.4, 0.5) is 0 Å². The van der Waals surface area contributed by atoms with Crippen molar-refractivity contribution in [1.29, 1.82) is 0 Å². The zero-order valence-electron chi connectivity index (χ0n) is 13.0. The zero-order valence-corrected chi connectivity index (χ0v) is 13.0. The predicted molar refractivity (Wildman–Crippen MR) is 84.0 cm³/mol. The summed E-state index contributed by atoms with van der Waals surface area (Å²) in [5.41, 5.74) is 5.34. The van der Waals surface area contributed by atoms with Crippen molar-refractivity contribution in [2.45, 2.75) is 25.7 Å². The lowest BCUT2D eigenvalue weighted by molar-refractivity contribution is -0.143. The molecule has 23 heavy (non-hydrogen) atoms. The van der Waals surface area contributed by atoms with Crippen molar-refractivity contribution >= 4 is 5.91 Å². The number of primary amides is 1. The number of ether oxygens (including phenoxy) is 2. The molecule has 2 heterocycles. The van der Waals surface area contributed by atoms with Crippen LogP contribution in [-0.2, 0) is 16.1 Å². The fourth-order valence-electron chi connectivity index (χ4n) is 2.65. The lowest BCUT2D eigenvalue weighted by Crippen LogP contribution is -2.51. The molecule has 0 radical (unpaired) electrons. The molecule has 0 saturated carbocycles. The Morgan fingerprint density at radius 3 is 2.78 bits per heavy atom. The Bertz CT molecular complexity index is 656. The van der Waals surface area contributed by atoms with Gasteiger partial charge in [0, 0.05) is 19.2 Å². The number of para-hydroxylation sites is 1. The molecule has 122 valence electrons. The van der Waals surface area contributed by atoms with Crippen LogP contribution in [0.5, 0.6) is 11.7 Å². The average molecular weight is 316 g/mol. The number of rotatable bonds is 5. The molecule has 1 aliphatic heterocycles. The van der Waals surface area contributed by atoms with E-state index < -0.39 is 12.0 Å². The Balaban J connectivity index is 1.61. The molecule has 0 spiro atoms. The second-order valence-electron chi connectivity index (χ2n) is 5.67. The minimum Gasteiger partial charge on any atom is -0.429 e. The van der Waals surface area contributed by atoms with Crippen LogP contribution in [0.1, 0.15) is 12.7 Å². The van der Waals surface area contributed by atoms with E-state index in [-0.39, 0.29) is 6.10 Å². The maximum atomic E-state index is 11.3. The number of morpholine rings is 1. The first kappa shape index (κ1) is 15.6. The molecule has 6 nitrogen and oxygen atoms in total. The number of nitrogens with zero attached hydrogens (tertiary/aromatic N) is 1. The van der Waals surface area contributed by atoms with Crippen molar-refractivity contribution in [2.75, 3.05) is 13.1 Å². The van der Waals surface area contributed by atoms with Crippen LogP contribution in [-0.4, -0.2) is 36.1 Å². The third-order valence-corrected chi connectivity index (χ3v) is 3.63. The molecular weight excluding hydrogens is 296 g/mol. The van der Waals surface area contributed by atoms with Crippen molar-refractivity contribution in [2.24, 2.45) is 5.73 Å². The Kier molecular flexibility index (Phi) is 4.64. The maximum absolute atomic E-state index is 11.3. The molecule has 2 aromatic rings. The molecule has 0 aliphatic carbocycles. The zero-order chi connectivity index (χ0) is 16.2. The summed E-state index contributed by atoms with van der Waals surface area (Å²) in [6.07, 6.45) is -0.620. The summed E-state index contributed by atoms with van der Waals surface area (Å²) in [6.45, 7) is 3.69. The highest BCUT2D eigenvalue weighted by atomic mass is 16.6. The highest BCUT2D eigenvalue weighted by Crippen LogP contribution is 2.24. The van der Waals surface area contributed by atoms with Gasteiger partial charge < -0.3 is 19.6 Å². The second-order valence-corrected chi connectivity index (χ2v) is 5.67. The minimum absolute atomic E-state index is 0.0451. The quantitative estimate of drug-likeness (QED) is 0.914. The van der Waals surface area contributed by atoms with E-state index in [0.717, 1.165) is 18.1 Å². The predicted octanol–water partition coefficient (Wildman–Crippen LogP) is 2.15. The standard InChI is InChI=1S/C17H20N2O4/c1-12-9-19(11-15(21-12)17(18)20)10-14-7-8-16(23-14)22-13-5-3-2-4-6-13/h2-8,12,15H,9-11H2,1H3,(H2,18,20)/t12-,15?/m1/s1. The van der Waals surface area contributed by atoms with Crippen molar-refractivity contribution in [3.63, 3.8) is 0 Å². The summed E-state index contributed by atoms with van der Waals surface area (Å²) in [5, 5.41) is 0. The number of nitrogens with two attached hydrogens (primary N) is 1. The summed E-state index contributed by atoms with van der Waals surface area (Å²) in [6, 6.07) is 13.1. The van der Waals surface area contributed by atoms with Gasteiger partial charge in [-0.1, -0.05) is 18.2 Å². The molecule has 1 saturated heterocycles. The molecule has 0 bridgehead atoms. The molecule has 1 unspecified atom stereocenters. The van der Waals surface area contributed by atoms with Gasteiger partial charge in [-0.05, 0) is 25.1 Å². The van der Waals surface area contributed by atoms with Crippen molar-refractivity contribution in [3.05, 3.63) is 48.2 Å². The number of benzene rings is 1. The molecule has 2 N–H and O–H groups in total. The average Bonchev–Trinajstić information content (AvgIpc) is 2.94. The highest BCUT2D eigenvalue weighted by Gasteiger charge is 2.29. The third kappa shape index (κ3) is 4.12. The van der Waals surface area contributed by atoms with Gasteiger partial charge >= 0.3 is 0 Å². The number of carbonyl (C=O) groups excluding carboxylic acids is 1. The van der Waals surface area contributed by atoms with E-state index >= 15 is 0 Å². The van der Waals surface area contributed by atoms with Crippen LogP contribution >= 0.6 is 0 Å². The molecule has 1 aromatic heterocycles. The van der Waals surface area contributed by atoms with Crippen molar-refractivity contribution < 1.29 is 18.7 Å². The highest BCUT2D eigenvalue weighted by molar-refractivity contribution is 5.79. The molecule has 1 fully saturated rings. The van der Waals surface area contributed by atoms with Crippen LogP contribution in [0.2, 0.25) is 0 Å². The Labute approximate surface area is 134 Å². The first-order valence-corrected chi connectivity index (χ1v) is 7.59. The van der Waals surface area contributed by atoms with E-state index in [1.807, 2.05) is 43.3 Å². The molecule has 6 heteroatoms. The minimum atomic E-state index is -0.575. The lowest BCUT2D eigenvalue weighted by Gasteiger charge is -2.34. The van der Waals surface area contributed by atoms with Gasteiger partial charge in [0.1, 0.15) is 17.6 Å². The van der Waals surface area contributed by atoms with Gasteiger partial charge in [-0.15, -0.1) is 0 Å². The molecule has 1 aromatic carbocycles. The van der Waals surface area contributed by atoms with Gasteiger partial charge in [0.15, 0.2) is 0 Å². The van der Waals surface area contributed by atoms with E-state index in [0.29, 0.717) is 19.0 Å². The fraction of sp³-hybridized carbons (Fsp3) is 0.353. The number of furan rings is 1. The monoisotopic (exact) mass is 316 g/mol. The first-order valence-electron chi connectivity index (χ1n) is 7.59. The Morgan fingerprint density at radius 2 is 2.04 bits per heavy atom. The number of hydrogen-bond donors (Lipinski definition) is 1. The van der Waals surface area contributed by atoms with Crippen LogP contribution in [0.15, 0.2) is 46.9 Å². The van der Waals surface area contributed by atoms with Crippen LogP contribution in [0.25, 0.3) is 0 Å². The van der Waals surface area contributed by atoms with Gasteiger partial charge in [-0.2, -0.15) is 0 Å². The van der Waals surface area contributed by atoms with Gasteiger partial charge in [0.25, 0.3) is 5.95 Å². The van der Waals surface area contributed by atoms with E-state index in [1.165, 1.54) is 0 Å². The topological polar surface area (TPSA) is 77.9 Å². The van der Waals surface area contributed by atoms with Crippen molar-refractivity contribution in [3.8, 4) is 11.7 Å². The summed E-state index contributed by atoms with van der Waals surface area (Å²) in [5.74, 6) is 1.50. The van der Waals surface area contributed by atoms with Crippen LogP contribution in [0.3, 0.4) is 0 Å². The molecule has 1 amide bonds. The summed E-state index contributed by atoms with van der Waals surface area (Å²) in [7, 11) is 0. The fourth-order valence-corrected chi connectivity index (χ4v) is 2.65. The lowest BCUT2D eigenvalue weighted by atomic mass is 10.2. The molecule has 1 aliphatic rings. The SMILES string of the molecule is C[C@@H]1CN(Cc2ccc(Oc3ccccc3)o2)CC(C(N)=O)O1. The number of amides is 1. The van der Waals surface area contributed by atoms with E-state index in [2.05, 4.69) is 4.90 Å². The van der Waals surface area contributed by atoms with Gasteiger partial charge in [0.05, 0.1) is 12.6 Å². The van der Waals surface area contributed by atoms with E-state index in [4.69, 9.17) is 19.6 Å². The summed E-state index contributed by atoms with van der Waals surface area (Å²) >= 11 is 0. The van der Waals surface area contributed by atoms with Gasteiger partial charge in [0.2, 0.25) is 5.91 Å². The van der Waals surface area contributed by atoms with E-state index in [9.17, 15) is 4.79 Å². The smallest absolute Gasteiger partial charge is 0.290 e. The number of carbonyl (C=O) groups is 1. The Morgan fingerprint density at radius 1 is 1.26 bits per heavy atom. The largest absolute Gasteiger partial charge is 0.429 e. The first-order chi connectivity index (χ1) is 11.1. The Hall–Kier alpha value is -2.31. The summed E-state index contributed by atoms with van der Waals surface area (Å²) in [4.78, 5) is 13.4. The van der Waals surface area contributed by atoms with Gasteiger partial charge in [-0.25, -0.2) is 0 Å². The molecule has 3 rings (SSSR count). The van der Waals surface area contributed by atoms with E-state index in [1.54, 1.807) is 6.07 Å². The maximum Gasteiger partial charge on any atom is 0.290 e.